The molecule has 0 radical (unpaired) electrons. The molecule has 1 heterocycles. The number of nitrogens with one attached hydrogen (secondary N) is 2. The number of aryl methyl sites for hydroxylation is 1. The van der Waals surface area contributed by atoms with Gasteiger partial charge in [0.25, 0.3) is 5.91 Å². The van der Waals surface area contributed by atoms with Crippen LogP contribution in [0.2, 0.25) is 0 Å². The third-order valence-electron chi connectivity index (χ3n) is 4.20. The molecule has 0 fully saturated rings. The quantitative estimate of drug-likeness (QED) is 0.907. The summed E-state index contributed by atoms with van der Waals surface area (Å²) in [6.45, 7) is 0.768. The van der Waals surface area contributed by atoms with Gasteiger partial charge >= 0.3 is 0 Å². The van der Waals surface area contributed by atoms with Crippen molar-refractivity contribution in [2.24, 2.45) is 0 Å². The van der Waals surface area contributed by atoms with E-state index in [1.165, 1.54) is 16.9 Å². The standard InChI is InChI=1S/C19H22N2OS/c1-20-19(22)16-7-4-5-14(11-16)12-21-18-13-23-10-9-15-6-2-3-8-17(15)18/h2-8,11,18,21H,9-10,12-13H2,1H3,(H,20,22)/t18-/m1/s1. The molecular formula is C19H22N2OS. The van der Waals surface area contributed by atoms with E-state index in [0.717, 1.165) is 24.3 Å². The molecule has 4 heteroatoms. The summed E-state index contributed by atoms with van der Waals surface area (Å²) in [5.74, 6) is 2.23. The molecule has 1 aliphatic heterocycles. The smallest absolute Gasteiger partial charge is 0.251 e. The number of hydrogen-bond acceptors (Lipinski definition) is 3. The Bertz CT molecular complexity index is 687. The van der Waals surface area contributed by atoms with E-state index in [0.29, 0.717) is 11.6 Å². The van der Waals surface area contributed by atoms with Crippen LogP contribution in [0.15, 0.2) is 48.5 Å². The lowest BCUT2D eigenvalue weighted by molar-refractivity contribution is 0.0963. The average Bonchev–Trinajstić information content (AvgIpc) is 2.82. The Morgan fingerprint density at radius 2 is 2.09 bits per heavy atom. The molecule has 2 aromatic rings. The molecule has 0 aromatic heterocycles. The first-order chi connectivity index (χ1) is 11.3. The molecule has 1 aliphatic rings. The van der Waals surface area contributed by atoms with Crippen molar-refractivity contribution in [3.05, 3.63) is 70.8 Å². The van der Waals surface area contributed by atoms with E-state index in [2.05, 4.69) is 41.0 Å². The van der Waals surface area contributed by atoms with Crippen molar-refractivity contribution in [2.45, 2.75) is 19.0 Å². The summed E-state index contributed by atoms with van der Waals surface area (Å²) in [6, 6.07) is 16.9. The molecule has 2 aromatic carbocycles. The minimum atomic E-state index is -0.0396. The largest absolute Gasteiger partial charge is 0.355 e. The van der Waals surface area contributed by atoms with Crippen molar-refractivity contribution in [1.29, 1.82) is 0 Å². The Morgan fingerprint density at radius 1 is 1.22 bits per heavy atom. The summed E-state index contributed by atoms with van der Waals surface area (Å²) in [4.78, 5) is 11.7. The second-order valence-electron chi connectivity index (χ2n) is 5.74. The maximum atomic E-state index is 11.7. The third-order valence-corrected chi connectivity index (χ3v) is 5.26. The molecule has 23 heavy (non-hydrogen) atoms. The van der Waals surface area contributed by atoms with Crippen LogP contribution in [0.1, 0.15) is 33.1 Å². The monoisotopic (exact) mass is 326 g/mol. The lowest BCUT2D eigenvalue weighted by Gasteiger charge is -2.19. The second kappa shape index (κ2) is 7.66. The molecule has 0 unspecified atom stereocenters. The minimum Gasteiger partial charge on any atom is -0.355 e. The molecule has 0 spiro atoms. The van der Waals surface area contributed by atoms with Crippen molar-refractivity contribution in [3.63, 3.8) is 0 Å². The molecule has 0 saturated carbocycles. The Labute approximate surface area is 141 Å². The number of hydrogen-bond donors (Lipinski definition) is 2. The number of carbonyl (C=O) groups is 1. The molecule has 3 rings (SSSR count). The number of rotatable bonds is 4. The Hall–Kier alpha value is -1.78. The van der Waals surface area contributed by atoms with Crippen LogP contribution in [0.5, 0.6) is 0 Å². The van der Waals surface area contributed by atoms with Crippen LogP contribution in [0.3, 0.4) is 0 Å². The van der Waals surface area contributed by atoms with Gasteiger partial charge in [-0.05, 0) is 41.0 Å². The molecule has 0 saturated heterocycles. The van der Waals surface area contributed by atoms with Gasteiger partial charge in [0.1, 0.15) is 0 Å². The lowest BCUT2D eigenvalue weighted by atomic mass is 9.99. The van der Waals surface area contributed by atoms with Crippen LogP contribution in [0.4, 0.5) is 0 Å². The third kappa shape index (κ3) is 3.95. The highest BCUT2D eigenvalue weighted by molar-refractivity contribution is 7.99. The van der Waals surface area contributed by atoms with Crippen LogP contribution in [0, 0.1) is 0 Å². The number of benzene rings is 2. The second-order valence-corrected chi connectivity index (χ2v) is 6.89. The van der Waals surface area contributed by atoms with Gasteiger partial charge in [-0.1, -0.05) is 36.4 Å². The fourth-order valence-corrected chi connectivity index (χ4v) is 4.02. The predicted molar refractivity (Wildman–Crippen MR) is 96.9 cm³/mol. The number of carbonyl (C=O) groups excluding carboxylic acids is 1. The van der Waals surface area contributed by atoms with Crippen LogP contribution in [-0.4, -0.2) is 24.5 Å². The van der Waals surface area contributed by atoms with Crippen LogP contribution in [0.25, 0.3) is 0 Å². The van der Waals surface area contributed by atoms with Gasteiger partial charge in [0.15, 0.2) is 0 Å². The normalized spacial score (nSPS) is 17.2. The van der Waals surface area contributed by atoms with E-state index < -0.39 is 0 Å². The van der Waals surface area contributed by atoms with E-state index in [-0.39, 0.29) is 5.91 Å². The van der Waals surface area contributed by atoms with Crippen molar-refractivity contribution in [2.75, 3.05) is 18.6 Å². The fraction of sp³-hybridized carbons (Fsp3) is 0.316. The average molecular weight is 326 g/mol. The van der Waals surface area contributed by atoms with Gasteiger partial charge in [-0.3, -0.25) is 4.79 Å². The lowest BCUT2D eigenvalue weighted by Crippen LogP contribution is -2.23. The zero-order valence-corrected chi connectivity index (χ0v) is 14.2. The molecule has 0 bridgehead atoms. The summed E-state index contributed by atoms with van der Waals surface area (Å²) in [7, 11) is 1.66. The van der Waals surface area contributed by atoms with Gasteiger partial charge in [-0.2, -0.15) is 11.8 Å². The molecular weight excluding hydrogens is 304 g/mol. The SMILES string of the molecule is CNC(=O)c1cccc(CN[C@@H]2CSCCc3ccccc32)c1. The van der Waals surface area contributed by atoms with E-state index in [1.807, 2.05) is 30.0 Å². The zero-order chi connectivity index (χ0) is 16.1. The summed E-state index contributed by atoms with van der Waals surface area (Å²) >= 11 is 2.00. The molecule has 0 aliphatic carbocycles. The zero-order valence-electron chi connectivity index (χ0n) is 13.3. The number of thioether (sulfide) groups is 1. The first-order valence-corrected chi connectivity index (χ1v) is 9.13. The van der Waals surface area contributed by atoms with Crippen LogP contribution < -0.4 is 10.6 Å². The predicted octanol–water partition coefficient (Wildman–Crippen LogP) is 3.17. The van der Waals surface area contributed by atoms with E-state index in [1.54, 1.807) is 7.05 Å². The molecule has 3 nitrogen and oxygen atoms in total. The van der Waals surface area contributed by atoms with Gasteiger partial charge < -0.3 is 10.6 Å². The van der Waals surface area contributed by atoms with Crippen molar-refractivity contribution in [1.82, 2.24) is 10.6 Å². The van der Waals surface area contributed by atoms with E-state index >= 15 is 0 Å². The molecule has 1 atom stereocenters. The van der Waals surface area contributed by atoms with Gasteiger partial charge in [-0.15, -0.1) is 0 Å². The molecule has 120 valence electrons. The van der Waals surface area contributed by atoms with Gasteiger partial charge in [-0.25, -0.2) is 0 Å². The van der Waals surface area contributed by atoms with Gasteiger partial charge in [0.2, 0.25) is 0 Å². The number of fused-ring (bicyclic) bond motifs is 1. The van der Waals surface area contributed by atoms with E-state index in [4.69, 9.17) is 0 Å². The Balaban J connectivity index is 1.72. The Kier molecular flexibility index (Phi) is 5.36. The maximum Gasteiger partial charge on any atom is 0.251 e. The highest BCUT2D eigenvalue weighted by atomic mass is 32.2. The number of amides is 1. The summed E-state index contributed by atoms with van der Waals surface area (Å²) in [6.07, 6.45) is 1.14. The van der Waals surface area contributed by atoms with Crippen LogP contribution in [-0.2, 0) is 13.0 Å². The van der Waals surface area contributed by atoms with Crippen LogP contribution >= 0.6 is 11.8 Å². The minimum absolute atomic E-state index is 0.0396. The first kappa shape index (κ1) is 16.1. The van der Waals surface area contributed by atoms with Gasteiger partial charge in [0, 0.05) is 31.0 Å². The van der Waals surface area contributed by atoms with E-state index in [9.17, 15) is 4.79 Å². The first-order valence-electron chi connectivity index (χ1n) is 7.98. The highest BCUT2D eigenvalue weighted by Crippen LogP contribution is 2.27. The summed E-state index contributed by atoms with van der Waals surface area (Å²) in [5.41, 5.74) is 4.72. The van der Waals surface area contributed by atoms with Crippen molar-refractivity contribution >= 4 is 17.7 Å². The fourth-order valence-electron chi connectivity index (χ4n) is 2.95. The maximum absolute atomic E-state index is 11.7. The molecule has 2 N–H and O–H groups in total. The van der Waals surface area contributed by atoms with Crippen molar-refractivity contribution in [3.8, 4) is 0 Å². The van der Waals surface area contributed by atoms with Crippen molar-refractivity contribution < 1.29 is 4.79 Å². The summed E-state index contributed by atoms with van der Waals surface area (Å²) < 4.78 is 0. The van der Waals surface area contributed by atoms with Gasteiger partial charge in [0.05, 0.1) is 0 Å². The molecule has 1 amide bonds. The topological polar surface area (TPSA) is 41.1 Å². The highest BCUT2D eigenvalue weighted by Gasteiger charge is 2.18. The summed E-state index contributed by atoms with van der Waals surface area (Å²) in [5, 5.41) is 6.34. The Morgan fingerprint density at radius 3 is 2.96 bits per heavy atom.